The minimum atomic E-state index is -0.612. The van der Waals surface area contributed by atoms with E-state index in [1.165, 1.54) is 7.11 Å². The lowest BCUT2D eigenvalue weighted by Crippen LogP contribution is -2.38. The normalized spacial score (nSPS) is 12.2. The predicted molar refractivity (Wildman–Crippen MR) is 131 cm³/mol. The topological polar surface area (TPSA) is 67.9 Å². The summed E-state index contributed by atoms with van der Waals surface area (Å²) >= 11 is 0. The quantitative estimate of drug-likeness (QED) is 0.238. The monoisotopic (exact) mass is 458 g/mol. The van der Waals surface area contributed by atoms with Gasteiger partial charge in [0.2, 0.25) is 6.41 Å². The van der Waals surface area contributed by atoms with Crippen LogP contribution in [0.1, 0.15) is 16.7 Å². The highest BCUT2D eigenvalue weighted by molar-refractivity contribution is 5.90. The van der Waals surface area contributed by atoms with Crippen LogP contribution < -0.4 is 5.32 Å². The average molecular weight is 459 g/mol. The number of benzene rings is 3. The summed E-state index contributed by atoms with van der Waals surface area (Å²) in [5.74, 6) is -0.612. The number of nitrogens with one attached hydrogen (secondary N) is 1. The second kappa shape index (κ2) is 13.7. The van der Waals surface area contributed by atoms with Crippen molar-refractivity contribution >= 4 is 12.4 Å². The van der Waals surface area contributed by atoms with E-state index in [9.17, 15) is 9.59 Å². The van der Waals surface area contributed by atoms with Crippen LogP contribution in [0.25, 0.3) is 0 Å². The second-order valence-electron chi connectivity index (χ2n) is 7.78. The van der Waals surface area contributed by atoms with Gasteiger partial charge >= 0.3 is 5.97 Å². The first-order valence-electron chi connectivity index (χ1n) is 11.1. The Morgan fingerprint density at radius 2 is 1.35 bits per heavy atom. The van der Waals surface area contributed by atoms with Crippen LogP contribution in [0.5, 0.6) is 0 Å². The summed E-state index contributed by atoms with van der Waals surface area (Å²) in [4.78, 5) is 25.7. The van der Waals surface area contributed by atoms with Crippen molar-refractivity contribution in [1.82, 2.24) is 10.2 Å². The maximum Gasteiger partial charge on any atom is 0.354 e. The van der Waals surface area contributed by atoms with Crippen molar-refractivity contribution in [3.8, 4) is 0 Å². The van der Waals surface area contributed by atoms with E-state index in [1.54, 1.807) is 6.08 Å². The Labute approximate surface area is 200 Å². The minimum absolute atomic E-state index is 0.0805. The van der Waals surface area contributed by atoms with Crippen LogP contribution in [0, 0.1) is 0 Å². The van der Waals surface area contributed by atoms with Gasteiger partial charge in [-0.2, -0.15) is 0 Å². The zero-order valence-corrected chi connectivity index (χ0v) is 19.3. The molecule has 6 heteroatoms. The molecule has 3 aromatic carbocycles. The highest BCUT2D eigenvalue weighted by atomic mass is 16.5. The van der Waals surface area contributed by atoms with E-state index in [1.807, 2.05) is 66.7 Å². The Hall–Kier alpha value is -3.74. The number of carbonyl (C=O) groups is 2. The first-order chi connectivity index (χ1) is 16.7. The van der Waals surface area contributed by atoms with Crippen molar-refractivity contribution in [1.29, 1.82) is 0 Å². The maximum atomic E-state index is 12.3. The third kappa shape index (κ3) is 7.99. The molecule has 34 heavy (non-hydrogen) atoms. The van der Waals surface area contributed by atoms with Gasteiger partial charge in [0.05, 0.1) is 26.4 Å². The van der Waals surface area contributed by atoms with Crippen LogP contribution in [0.4, 0.5) is 0 Å². The van der Waals surface area contributed by atoms with Gasteiger partial charge in [0.15, 0.2) is 0 Å². The van der Waals surface area contributed by atoms with Crippen LogP contribution in [0.2, 0.25) is 0 Å². The van der Waals surface area contributed by atoms with Gasteiger partial charge in [-0.3, -0.25) is 9.69 Å². The highest BCUT2D eigenvalue weighted by Gasteiger charge is 2.21. The smallest absolute Gasteiger partial charge is 0.354 e. The molecule has 1 atom stereocenters. The standard InChI is InChI=1S/C28H30N2O4/c1-33-28(32)27(29-22-31)17-26(21-34-20-25-15-9-4-10-16-25)30(18-23-11-5-2-6-12-23)19-24-13-7-3-8-14-24/h2-17,22,26H,18-21H2,1H3,(H,29,31)/b27-17-/t26-/m0/s1. The van der Waals surface area contributed by atoms with E-state index in [4.69, 9.17) is 9.47 Å². The van der Waals surface area contributed by atoms with Crippen LogP contribution in [0.3, 0.4) is 0 Å². The van der Waals surface area contributed by atoms with E-state index in [-0.39, 0.29) is 11.7 Å². The van der Waals surface area contributed by atoms with Crippen LogP contribution >= 0.6 is 0 Å². The Bertz CT molecular complexity index is 998. The third-order valence-corrected chi connectivity index (χ3v) is 5.30. The molecule has 1 amide bonds. The minimum Gasteiger partial charge on any atom is -0.464 e. The molecule has 1 N–H and O–H groups in total. The summed E-state index contributed by atoms with van der Waals surface area (Å²) in [5, 5.41) is 2.48. The maximum absolute atomic E-state index is 12.3. The van der Waals surface area contributed by atoms with Gasteiger partial charge in [-0.05, 0) is 22.8 Å². The Kier molecular flexibility index (Phi) is 10.1. The van der Waals surface area contributed by atoms with Gasteiger partial charge in [-0.25, -0.2) is 4.79 Å². The number of ether oxygens (including phenoxy) is 2. The van der Waals surface area contributed by atoms with Crippen molar-refractivity contribution in [2.24, 2.45) is 0 Å². The van der Waals surface area contributed by atoms with Crippen molar-refractivity contribution < 1.29 is 19.1 Å². The Balaban J connectivity index is 1.90. The number of hydrogen-bond acceptors (Lipinski definition) is 5. The van der Waals surface area contributed by atoms with Crippen molar-refractivity contribution in [2.75, 3.05) is 13.7 Å². The molecule has 0 unspecified atom stereocenters. The lowest BCUT2D eigenvalue weighted by molar-refractivity contribution is -0.137. The summed E-state index contributed by atoms with van der Waals surface area (Å²) in [6.45, 7) is 2.00. The van der Waals surface area contributed by atoms with Gasteiger partial charge < -0.3 is 14.8 Å². The fourth-order valence-electron chi connectivity index (χ4n) is 3.60. The van der Waals surface area contributed by atoms with Crippen molar-refractivity contribution in [2.45, 2.75) is 25.7 Å². The SMILES string of the molecule is COC(=O)/C(=C/[C@@H](COCc1ccccc1)N(Cc1ccccc1)Cc1ccccc1)NC=O. The number of carbonyl (C=O) groups excluding carboxylic acids is 2. The zero-order chi connectivity index (χ0) is 24.0. The molecule has 176 valence electrons. The molecule has 0 aliphatic heterocycles. The lowest BCUT2D eigenvalue weighted by atomic mass is 10.1. The molecule has 0 saturated heterocycles. The molecular formula is C28H30N2O4. The number of amides is 1. The fraction of sp³-hybridized carbons (Fsp3) is 0.214. The van der Waals surface area contributed by atoms with E-state index in [0.29, 0.717) is 32.7 Å². The first kappa shape index (κ1) is 24.9. The molecule has 0 radical (unpaired) electrons. The fourth-order valence-corrected chi connectivity index (χ4v) is 3.60. The third-order valence-electron chi connectivity index (χ3n) is 5.30. The lowest BCUT2D eigenvalue weighted by Gasteiger charge is -2.30. The number of rotatable bonds is 13. The molecule has 3 rings (SSSR count). The van der Waals surface area contributed by atoms with Gasteiger partial charge in [0.1, 0.15) is 5.70 Å². The van der Waals surface area contributed by atoms with Crippen LogP contribution in [-0.2, 0) is 38.8 Å². The summed E-state index contributed by atoms with van der Waals surface area (Å²) in [7, 11) is 1.29. The highest BCUT2D eigenvalue weighted by Crippen LogP contribution is 2.17. The van der Waals surface area contributed by atoms with E-state index in [2.05, 4.69) is 34.5 Å². The number of hydrogen-bond donors (Lipinski definition) is 1. The van der Waals surface area contributed by atoms with Crippen LogP contribution in [-0.4, -0.2) is 37.0 Å². The van der Waals surface area contributed by atoms with Gasteiger partial charge in [0, 0.05) is 13.1 Å². The first-order valence-corrected chi connectivity index (χ1v) is 11.1. The summed E-state index contributed by atoms with van der Waals surface area (Å²) < 4.78 is 10.9. The van der Waals surface area contributed by atoms with Crippen LogP contribution in [0.15, 0.2) is 103 Å². The van der Waals surface area contributed by atoms with Crippen molar-refractivity contribution in [3.05, 3.63) is 119 Å². The molecule has 0 spiro atoms. The van der Waals surface area contributed by atoms with E-state index < -0.39 is 5.97 Å². The molecule has 3 aromatic rings. The molecule has 0 heterocycles. The Morgan fingerprint density at radius 1 is 0.853 bits per heavy atom. The number of esters is 1. The van der Waals surface area contributed by atoms with Gasteiger partial charge in [0.25, 0.3) is 0 Å². The molecule has 6 nitrogen and oxygen atoms in total. The molecular weight excluding hydrogens is 428 g/mol. The van der Waals surface area contributed by atoms with Crippen molar-refractivity contribution in [3.63, 3.8) is 0 Å². The largest absolute Gasteiger partial charge is 0.464 e. The molecule has 0 aromatic heterocycles. The average Bonchev–Trinajstić information content (AvgIpc) is 2.88. The molecule has 0 saturated carbocycles. The predicted octanol–water partition coefficient (Wildman–Crippen LogP) is 4.08. The zero-order valence-electron chi connectivity index (χ0n) is 19.3. The summed E-state index contributed by atoms with van der Waals surface area (Å²) in [6.07, 6.45) is 2.18. The van der Waals surface area contributed by atoms with Gasteiger partial charge in [-0.15, -0.1) is 0 Å². The van der Waals surface area contributed by atoms with Gasteiger partial charge in [-0.1, -0.05) is 91.0 Å². The molecule has 0 aliphatic carbocycles. The molecule has 0 fully saturated rings. The van der Waals surface area contributed by atoms with E-state index in [0.717, 1.165) is 16.7 Å². The van der Waals surface area contributed by atoms with E-state index >= 15 is 0 Å². The number of nitrogens with zero attached hydrogens (tertiary/aromatic N) is 1. The summed E-state index contributed by atoms with van der Waals surface area (Å²) in [6, 6.07) is 29.8. The second-order valence-corrected chi connectivity index (χ2v) is 7.78. The number of methoxy groups -OCH3 is 1. The summed E-state index contributed by atoms with van der Waals surface area (Å²) in [5.41, 5.74) is 3.39. The molecule has 0 aliphatic rings. The Morgan fingerprint density at radius 3 is 1.82 bits per heavy atom. The molecule has 0 bridgehead atoms.